The number of carbonyl (C=O) groups is 1. The van der Waals surface area contributed by atoms with E-state index in [9.17, 15) is 4.79 Å². The smallest absolute Gasteiger partial charge is 0.341 e. The van der Waals surface area contributed by atoms with Gasteiger partial charge in [-0.1, -0.05) is 66.7 Å². The second kappa shape index (κ2) is 11.0. The first-order chi connectivity index (χ1) is 15.7. The lowest BCUT2D eigenvalue weighted by Crippen LogP contribution is -2.34. The average molecular weight is 450 g/mol. The lowest BCUT2D eigenvalue weighted by molar-refractivity contribution is -0.139. The van der Waals surface area contributed by atoms with Gasteiger partial charge in [-0.3, -0.25) is 0 Å². The van der Waals surface area contributed by atoms with E-state index in [1.165, 1.54) is 11.1 Å². The highest BCUT2D eigenvalue weighted by molar-refractivity contribution is 7.99. The maximum absolute atomic E-state index is 10.9. The van der Waals surface area contributed by atoms with Crippen molar-refractivity contribution >= 4 is 23.4 Å². The molecule has 6 heteroatoms. The van der Waals surface area contributed by atoms with Crippen LogP contribution in [0, 0.1) is 0 Å². The normalized spacial score (nSPS) is 12.8. The van der Waals surface area contributed by atoms with E-state index in [1.807, 2.05) is 23.9 Å². The number of thioether (sulfide) groups is 1. The summed E-state index contributed by atoms with van der Waals surface area (Å²) in [6.07, 6.45) is 1.03. The van der Waals surface area contributed by atoms with E-state index in [0.29, 0.717) is 23.4 Å². The fourth-order valence-electron chi connectivity index (χ4n) is 3.86. The number of aliphatic carboxylic acids is 1. The average Bonchev–Trinajstić information content (AvgIpc) is 2.84. The van der Waals surface area contributed by atoms with Crippen molar-refractivity contribution in [2.45, 2.75) is 11.7 Å². The zero-order chi connectivity index (χ0) is 22.2. The van der Waals surface area contributed by atoms with Crippen LogP contribution in [0.5, 0.6) is 11.5 Å². The summed E-state index contributed by atoms with van der Waals surface area (Å²) < 4.78 is 11.2. The molecule has 4 rings (SSSR count). The number of rotatable bonds is 10. The Labute approximate surface area is 193 Å². The molecular formula is C26H27NO4S. The first-order valence-electron chi connectivity index (χ1n) is 10.8. The van der Waals surface area contributed by atoms with Gasteiger partial charge in [-0.25, -0.2) is 4.79 Å². The third kappa shape index (κ3) is 5.56. The van der Waals surface area contributed by atoms with Crippen LogP contribution in [-0.4, -0.2) is 43.1 Å². The van der Waals surface area contributed by atoms with Gasteiger partial charge in [0.05, 0.1) is 17.5 Å². The zero-order valence-electron chi connectivity index (χ0n) is 17.9. The van der Waals surface area contributed by atoms with Crippen LogP contribution in [0.3, 0.4) is 0 Å². The van der Waals surface area contributed by atoms with Crippen LogP contribution in [0.2, 0.25) is 0 Å². The Hall–Kier alpha value is -3.12. The molecule has 3 aromatic carbocycles. The van der Waals surface area contributed by atoms with Crippen molar-refractivity contribution < 1.29 is 19.4 Å². The molecule has 166 valence electrons. The first kappa shape index (κ1) is 22.1. The number of benzene rings is 3. The number of fused-ring (bicyclic) bond motifs is 1. The number of nitrogens with zero attached hydrogens (tertiary/aromatic N) is 1. The topological polar surface area (TPSA) is 59.0 Å². The van der Waals surface area contributed by atoms with Crippen LogP contribution < -0.4 is 14.4 Å². The fourth-order valence-corrected chi connectivity index (χ4v) is 5.09. The number of carboxylic acid groups (broad SMARTS) is 1. The summed E-state index contributed by atoms with van der Waals surface area (Å²) in [6, 6.07) is 26.9. The summed E-state index contributed by atoms with van der Waals surface area (Å²) >= 11 is 1.96. The van der Waals surface area contributed by atoms with Crippen LogP contribution >= 0.6 is 11.8 Å². The summed E-state index contributed by atoms with van der Waals surface area (Å²) in [7, 11) is 0. The van der Waals surface area contributed by atoms with Gasteiger partial charge in [0.2, 0.25) is 0 Å². The minimum atomic E-state index is -1.00. The SMILES string of the molecule is O=C(O)COc1cccc2c1OCCN2CCCSC(c1ccccc1)c1ccccc1. The van der Waals surface area contributed by atoms with Crippen LogP contribution in [0.4, 0.5) is 5.69 Å². The number of anilines is 1. The summed E-state index contributed by atoms with van der Waals surface area (Å²) in [5, 5.41) is 9.22. The molecule has 0 radical (unpaired) electrons. The predicted octanol–water partition coefficient (Wildman–Crippen LogP) is 5.26. The number of ether oxygens (including phenoxy) is 2. The monoisotopic (exact) mass is 449 g/mol. The molecule has 0 amide bonds. The quantitative estimate of drug-likeness (QED) is 0.426. The largest absolute Gasteiger partial charge is 0.486 e. The maximum atomic E-state index is 10.9. The van der Waals surface area contributed by atoms with Crippen LogP contribution in [0.1, 0.15) is 22.8 Å². The van der Waals surface area contributed by atoms with E-state index in [0.717, 1.165) is 31.0 Å². The van der Waals surface area contributed by atoms with Crippen molar-refractivity contribution in [3.05, 3.63) is 90.0 Å². The van der Waals surface area contributed by atoms with Crippen molar-refractivity contribution in [1.82, 2.24) is 0 Å². The number of para-hydroxylation sites is 1. The molecule has 1 heterocycles. The highest BCUT2D eigenvalue weighted by Gasteiger charge is 2.22. The predicted molar refractivity (Wildman–Crippen MR) is 129 cm³/mol. The van der Waals surface area contributed by atoms with Crippen LogP contribution in [-0.2, 0) is 4.79 Å². The standard InChI is InChI=1S/C26H27NO4S/c28-24(29)19-31-23-14-7-13-22-25(23)30-17-16-27(22)15-8-18-32-26(20-9-3-1-4-10-20)21-11-5-2-6-12-21/h1-7,9-14,26H,8,15-19H2,(H,28,29). The molecule has 0 fully saturated rings. The Morgan fingerprint density at radius 1 is 1.00 bits per heavy atom. The summed E-state index contributed by atoms with van der Waals surface area (Å²) in [5.41, 5.74) is 3.60. The maximum Gasteiger partial charge on any atom is 0.341 e. The highest BCUT2D eigenvalue weighted by Crippen LogP contribution is 2.40. The minimum absolute atomic E-state index is 0.311. The second-order valence-electron chi connectivity index (χ2n) is 7.55. The molecule has 0 saturated carbocycles. The number of carboxylic acids is 1. The van der Waals surface area contributed by atoms with Crippen molar-refractivity contribution in [1.29, 1.82) is 0 Å². The van der Waals surface area contributed by atoms with Crippen LogP contribution in [0.25, 0.3) is 0 Å². The Bertz CT molecular complexity index is 973. The van der Waals surface area contributed by atoms with Crippen molar-refractivity contribution in [3.8, 4) is 11.5 Å². The minimum Gasteiger partial charge on any atom is -0.486 e. The molecule has 1 N–H and O–H groups in total. The Morgan fingerprint density at radius 2 is 1.69 bits per heavy atom. The van der Waals surface area contributed by atoms with Gasteiger partial charge in [0.25, 0.3) is 0 Å². The summed E-state index contributed by atoms with van der Waals surface area (Å²) in [5.74, 6) is 1.14. The lowest BCUT2D eigenvalue weighted by Gasteiger charge is -2.32. The molecule has 0 bridgehead atoms. The molecule has 1 aliphatic heterocycles. The van der Waals surface area contributed by atoms with Gasteiger partial charge in [0, 0.05) is 6.54 Å². The molecule has 0 aliphatic carbocycles. The second-order valence-corrected chi connectivity index (χ2v) is 8.76. The highest BCUT2D eigenvalue weighted by atomic mass is 32.2. The molecule has 0 saturated heterocycles. The van der Waals surface area contributed by atoms with Gasteiger partial charge in [0.1, 0.15) is 6.61 Å². The van der Waals surface area contributed by atoms with Gasteiger partial charge in [-0.2, -0.15) is 0 Å². The van der Waals surface area contributed by atoms with Gasteiger partial charge >= 0.3 is 5.97 Å². The van der Waals surface area contributed by atoms with E-state index in [4.69, 9.17) is 14.6 Å². The summed E-state index contributed by atoms with van der Waals surface area (Å²) in [6.45, 7) is 1.89. The molecule has 1 aliphatic rings. The third-order valence-electron chi connectivity index (χ3n) is 5.32. The van der Waals surface area contributed by atoms with Crippen molar-refractivity contribution in [2.75, 3.05) is 37.0 Å². The Kier molecular flexibility index (Phi) is 7.56. The van der Waals surface area contributed by atoms with Gasteiger partial charge in [-0.15, -0.1) is 11.8 Å². The molecule has 3 aromatic rings. The van der Waals surface area contributed by atoms with Crippen molar-refractivity contribution in [2.24, 2.45) is 0 Å². The zero-order valence-corrected chi connectivity index (χ0v) is 18.7. The van der Waals surface area contributed by atoms with E-state index in [1.54, 1.807) is 6.07 Å². The van der Waals surface area contributed by atoms with Crippen LogP contribution in [0.15, 0.2) is 78.9 Å². The summed E-state index contributed by atoms with van der Waals surface area (Å²) in [4.78, 5) is 13.2. The molecular weight excluding hydrogens is 422 g/mol. The Balaban J connectivity index is 1.38. The van der Waals surface area contributed by atoms with E-state index in [-0.39, 0.29) is 6.61 Å². The number of hydrogen-bond donors (Lipinski definition) is 1. The van der Waals surface area contributed by atoms with Crippen molar-refractivity contribution in [3.63, 3.8) is 0 Å². The van der Waals surface area contributed by atoms with E-state index >= 15 is 0 Å². The third-order valence-corrected chi connectivity index (χ3v) is 6.72. The first-order valence-corrected chi connectivity index (χ1v) is 11.8. The van der Waals surface area contributed by atoms with Gasteiger partial charge in [-0.05, 0) is 35.4 Å². The molecule has 32 heavy (non-hydrogen) atoms. The van der Waals surface area contributed by atoms with E-state index in [2.05, 4.69) is 65.6 Å². The molecule has 0 aromatic heterocycles. The number of hydrogen-bond acceptors (Lipinski definition) is 5. The van der Waals surface area contributed by atoms with Gasteiger partial charge in [0.15, 0.2) is 18.1 Å². The molecule has 5 nitrogen and oxygen atoms in total. The molecule has 0 atom stereocenters. The Morgan fingerprint density at radius 3 is 2.34 bits per heavy atom. The lowest BCUT2D eigenvalue weighted by atomic mass is 10.0. The fraction of sp³-hybridized carbons (Fsp3) is 0.269. The van der Waals surface area contributed by atoms with Gasteiger partial charge < -0.3 is 19.5 Å². The molecule has 0 spiro atoms. The van der Waals surface area contributed by atoms with E-state index < -0.39 is 5.97 Å². The molecule has 0 unspecified atom stereocenters.